The van der Waals surface area contributed by atoms with Gasteiger partial charge in [0.1, 0.15) is 0 Å². The smallest absolute Gasteiger partial charge is 0.193 e. The predicted molar refractivity (Wildman–Crippen MR) is 83.0 cm³/mol. The van der Waals surface area contributed by atoms with Crippen LogP contribution in [0, 0.1) is 5.92 Å². The molecule has 0 aliphatic carbocycles. The summed E-state index contributed by atoms with van der Waals surface area (Å²) >= 11 is 2.10. The zero-order valence-electron chi connectivity index (χ0n) is 12.2. The largest absolute Gasteiger partial charge is 0.381 e. The fraction of sp³-hybridized carbons (Fsp3) is 0.929. The quantitative estimate of drug-likeness (QED) is 0.631. The van der Waals surface area contributed by atoms with Crippen molar-refractivity contribution in [1.29, 1.82) is 0 Å². The van der Waals surface area contributed by atoms with Crippen LogP contribution in [0.25, 0.3) is 0 Å². The third-order valence-electron chi connectivity index (χ3n) is 3.75. The van der Waals surface area contributed by atoms with Crippen molar-refractivity contribution in [2.75, 3.05) is 45.1 Å². The van der Waals surface area contributed by atoms with Crippen LogP contribution in [-0.4, -0.2) is 61.3 Å². The Morgan fingerprint density at radius 1 is 1.47 bits per heavy atom. The summed E-state index contributed by atoms with van der Waals surface area (Å²) in [5.41, 5.74) is 0. The normalized spacial score (nSPS) is 28.7. The third kappa shape index (κ3) is 4.56. The Kier molecular flexibility index (Phi) is 6.31. The molecular formula is C14H27N3OS. The maximum atomic E-state index is 5.42. The molecule has 2 aliphatic heterocycles. The summed E-state index contributed by atoms with van der Waals surface area (Å²) in [6.07, 6.45) is 2.41. The van der Waals surface area contributed by atoms with Crippen LogP contribution in [0.3, 0.4) is 0 Å². The van der Waals surface area contributed by atoms with E-state index in [0.717, 1.165) is 57.0 Å². The molecule has 2 rings (SSSR count). The van der Waals surface area contributed by atoms with E-state index in [-0.39, 0.29) is 0 Å². The molecule has 2 saturated heterocycles. The molecule has 5 heteroatoms. The van der Waals surface area contributed by atoms with Crippen molar-refractivity contribution in [3.05, 3.63) is 0 Å². The average Bonchev–Trinajstić information content (AvgIpc) is 2.97. The number of ether oxygens (including phenoxy) is 1. The maximum absolute atomic E-state index is 5.42. The third-order valence-corrected chi connectivity index (χ3v) is 5.12. The second-order valence-corrected chi connectivity index (χ2v) is 6.68. The predicted octanol–water partition coefficient (Wildman–Crippen LogP) is 1.82. The minimum absolute atomic E-state index is 0.620. The Morgan fingerprint density at radius 2 is 2.37 bits per heavy atom. The molecule has 1 N–H and O–H groups in total. The monoisotopic (exact) mass is 285 g/mol. The van der Waals surface area contributed by atoms with E-state index in [1.807, 2.05) is 0 Å². The van der Waals surface area contributed by atoms with Gasteiger partial charge in [0.05, 0.1) is 6.61 Å². The van der Waals surface area contributed by atoms with Crippen LogP contribution < -0.4 is 5.32 Å². The number of hydrogen-bond acceptors (Lipinski definition) is 3. The first kappa shape index (κ1) is 15.0. The van der Waals surface area contributed by atoms with Gasteiger partial charge in [-0.2, -0.15) is 11.8 Å². The summed E-state index contributed by atoms with van der Waals surface area (Å²) in [4.78, 5) is 7.26. The minimum atomic E-state index is 0.620. The van der Waals surface area contributed by atoms with E-state index < -0.39 is 0 Å². The maximum Gasteiger partial charge on any atom is 0.193 e. The molecule has 0 saturated carbocycles. The lowest BCUT2D eigenvalue weighted by atomic mass is 10.1. The molecule has 2 unspecified atom stereocenters. The van der Waals surface area contributed by atoms with Gasteiger partial charge in [-0.3, -0.25) is 4.99 Å². The molecule has 0 aromatic rings. The fourth-order valence-corrected chi connectivity index (χ4v) is 3.71. The molecular weight excluding hydrogens is 258 g/mol. The van der Waals surface area contributed by atoms with E-state index in [1.165, 1.54) is 12.2 Å². The second-order valence-electron chi connectivity index (χ2n) is 5.27. The fourth-order valence-electron chi connectivity index (χ4n) is 2.53. The highest BCUT2D eigenvalue weighted by Crippen LogP contribution is 2.21. The first-order valence-electron chi connectivity index (χ1n) is 7.56. The van der Waals surface area contributed by atoms with Crippen LogP contribution in [-0.2, 0) is 4.74 Å². The Bertz CT molecular complexity index is 292. The summed E-state index contributed by atoms with van der Waals surface area (Å²) < 4.78 is 5.42. The number of guanidine groups is 1. The van der Waals surface area contributed by atoms with Gasteiger partial charge in [0, 0.05) is 49.7 Å². The topological polar surface area (TPSA) is 36.9 Å². The van der Waals surface area contributed by atoms with Crippen molar-refractivity contribution in [3.8, 4) is 0 Å². The molecule has 2 fully saturated rings. The number of aliphatic imine (C=N–C) groups is 1. The van der Waals surface area contributed by atoms with Gasteiger partial charge >= 0.3 is 0 Å². The van der Waals surface area contributed by atoms with E-state index in [9.17, 15) is 0 Å². The van der Waals surface area contributed by atoms with Gasteiger partial charge < -0.3 is 15.0 Å². The van der Waals surface area contributed by atoms with Gasteiger partial charge in [-0.15, -0.1) is 0 Å². The van der Waals surface area contributed by atoms with Crippen LogP contribution in [0.2, 0.25) is 0 Å². The Labute approximate surface area is 121 Å². The summed E-state index contributed by atoms with van der Waals surface area (Å²) in [6.45, 7) is 10.3. The summed E-state index contributed by atoms with van der Waals surface area (Å²) in [5, 5.41) is 4.20. The Morgan fingerprint density at radius 3 is 3.05 bits per heavy atom. The molecule has 2 heterocycles. The molecule has 2 aliphatic rings. The summed E-state index contributed by atoms with van der Waals surface area (Å²) in [6, 6.07) is 0. The van der Waals surface area contributed by atoms with Crippen molar-refractivity contribution in [2.45, 2.75) is 31.9 Å². The van der Waals surface area contributed by atoms with Gasteiger partial charge in [-0.1, -0.05) is 6.92 Å². The van der Waals surface area contributed by atoms with E-state index in [2.05, 4.69) is 35.8 Å². The molecule has 0 spiro atoms. The van der Waals surface area contributed by atoms with Crippen molar-refractivity contribution in [2.24, 2.45) is 10.9 Å². The SMILES string of the molecule is CCNC(=NCC1CCOC1)N1CCSC(CC)C1. The lowest BCUT2D eigenvalue weighted by Crippen LogP contribution is -2.48. The first-order valence-corrected chi connectivity index (χ1v) is 8.61. The summed E-state index contributed by atoms with van der Waals surface area (Å²) in [7, 11) is 0. The van der Waals surface area contributed by atoms with Gasteiger partial charge in [-0.25, -0.2) is 0 Å². The Balaban J connectivity index is 1.91. The molecule has 0 bridgehead atoms. The number of nitrogens with zero attached hydrogens (tertiary/aromatic N) is 2. The van der Waals surface area contributed by atoms with Crippen LogP contribution in [0.1, 0.15) is 26.7 Å². The molecule has 0 aromatic heterocycles. The number of hydrogen-bond donors (Lipinski definition) is 1. The summed E-state index contributed by atoms with van der Waals surface area (Å²) in [5.74, 6) is 2.94. The van der Waals surface area contributed by atoms with Crippen LogP contribution >= 0.6 is 11.8 Å². The van der Waals surface area contributed by atoms with E-state index in [4.69, 9.17) is 9.73 Å². The van der Waals surface area contributed by atoms with Gasteiger partial charge in [-0.05, 0) is 19.8 Å². The lowest BCUT2D eigenvalue weighted by molar-refractivity contribution is 0.187. The highest BCUT2D eigenvalue weighted by Gasteiger charge is 2.22. The zero-order chi connectivity index (χ0) is 13.5. The number of rotatable bonds is 4. The minimum Gasteiger partial charge on any atom is -0.381 e. The van der Waals surface area contributed by atoms with Crippen molar-refractivity contribution in [3.63, 3.8) is 0 Å². The highest BCUT2D eigenvalue weighted by atomic mass is 32.2. The molecule has 0 radical (unpaired) electrons. The highest BCUT2D eigenvalue weighted by molar-refractivity contribution is 8.00. The van der Waals surface area contributed by atoms with Crippen LogP contribution in [0.5, 0.6) is 0 Å². The number of nitrogens with one attached hydrogen (secondary N) is 1. The zero-order valence-corrected chi connectivity index (χ0v) is 13.0. The molecule has 0 amide bonds. The lowest BCUT2D eigenvalue weighted by Gasteiger charge is -2.34. The molecule has 2 atom stereocenters. The Hall–Kier alpha value is -0.420. The van der Waals surface area contributed by atoms with Crippen LogP contribution in [0.15, 0.2) is 4.99 Å². The van der Waals surface area contributed by atoms with Crippen molar-refractivity contribution >= 4 is 17.7 Å². The van der Waals surface area contributed by atoms with E-state index in [1.54, 1.807) is 0 Å². The van der Waals surface area contributed by atoms with E-state index in [0.29, 0.717) is 5.92 Å². The molecule has 0 aromatic carbocycles. The van der Waals surface area contributed by atoms with E-state index >= 15 is 0 Å². The van der Waals surface area contributed by atoms with Crippen LogP contribution in [0.4, 0.5) is 0 Å². The van der Waals surface area contributed by atoms with Gasteiger partial charge in [0.2, 0.25) is 0 Å². The van der Waals surface area contributed by atoms with Crippen molar-refractivity contribution in [1.82, 2.24) is 10.2 Å². The molecule has 110 valence electrons. The van der Waals surface area contributed by atoms with Gasteiger partial charge in [0.25, 0.3) is 0 Å². The average molecular weight is 285 g/mol. The standard InChI is InChI=1S/C14H27N3OS/c1-3-13-10-17(6-8-19-13)14(15-4-2)16-9-12-5-7-18-11-12/h12-13H,3-11H2,1-2H3,(H,15,16). The number of thioether (sulfide) groups is 1. The first-order chi connectivity index (χ1) is 9.33. The van der Waals surface area contributed by atoms with Gasteiger partial charge in [0.15, 0.2) is 5.96 Å². The second kappa shape index (κ2) is 8.00. The van der Waals surface area contributed by atoms with Crippen molar-refractivity contribution < 1.29 is 4.74 Å². The molecule has 19 heavy (non-hydrogen) atoms. The molecule has 4 nitrogen and oxygen atoms in total.